The molecule has 1 aliphatic rings. The molecular weight excluding hydrogens is 384 g/mol. The molecule has 3 rings (SSSR count). The van der Waals surface area contributed by atoms with Gasteiger partial charge < -0.3 is 4.90 Å². The van der Waals surface area contributed by atoms with Gasteiger partial charge in [-0.1, -0.05) is 37.1 Å². The zero-order valence-electron chi connectivity index (χ0n) is 16.9. The highest BCUT2D eigenvalue weighted by atomic mass is 32.2. The Morgan fingerprint density at radius 3 is 2.83 bits per heavy atom. The molecule has 2 aromatic rings. The maximum atomic E-state index is 13.1. The van der Waals surface area contributed by atoms with Crippen molar-refractivity contribution in [3.05, 3.63) is 37.2 Å². The highest BCUT2D eigenvalue weighted by Crippen LogP contribution is 2.34. The van der Waals surface area contributed by atoms with Gasteiger partial charge in [0.15, 0.2) is 11.0 Å². The first-order valence-corrected chi connectivity index (χ1v) is 10.7. The molecule has 0 aliphatic heterocycles. The molecule has 0 aromatic carbocycles. The van der Waals surface area contributed by atoms with E-state index < -0.39 is 5.54 Å². The molecule has 0 radical (unpaired) electrons. The van der Waals surface area contributed by atoms with Crippen molar-refractivity contribution in [2.75, 3.05) is 7.05 Å². The van der Waals surface area contributed by atoms with E-state index in [9.17, 15) is 10.1 Å². The molecule has 7 nitrogen and oxygen atoms in total. The monoisotopic (exact) mass is 410 g/mol. The largest absolute Gasteiger partial charge is 0.326 e. The minimum atomic E-state index is -0.695. The fourth-order valence-electron chi connectivity index (χ4n) is 3.73. The smallest absolute Gasteiger partial charge is 0.236 e. The average Bonchev–Trinajstić information content (AvgIpc) is 3.16. The Hall–Kier alpha value is -2.66. The molecule has 29 heavy (non-hydrogen) atoms. The molecule has 0 unspecified atom stereocenters. The van der Waals surface area contributed by atoms with Crippen LogP contribution in [0.15, 0.2) is 42.3 Å². The minimum Gasteiger partial charge on any atom is -0.326 e. The molecule has 2 aromatic heterocycles. The van der Waals surface area contributed by atoms with Gasteiger partial charge in [-0.05, 0) is 31.9 Å². The summed E-state index contributed by atoms with van der Waals surface area (Å²) in [5.41, 5.74) is 0.162. The van der Waals surface area contributed by atoms with E-state index in [0.717, 1.165) is 37.7 Å². The van der Waals surface area contributed by atoms with Crippen LogP contribution in [-0.2, 0) is 11.3 Å². The van der Waals surface area contributed by atoms with Crippen molar-refractivity contribution < 1.29 is 4.79 Å². The van der Waals surface area contributed by atoms with Crippen LogP contribution in [0.3, 0.4) is 0 Å². The lowest BCUT2D eigenvalue weighted by Gasteiger charge is -2.40. The van der Waals surface area contributed by atoms with Gasteiger partial charge in [-0.25, -0.2) is 0 Å². The van der Waals surface area contributed by atoms with Crippen LogP contribution in [0.25, 0.3) is 11.4 Å². The van der Waals surface area contributed by atoms with Crippen LogP contribution in [0.1, 0.15) is 39.0 Å². The Bertz CT molecular complexity index is 898. The van der Waals surface area contributed by atoms with E-state index >= 15 is 0 Å². The van der Waals surface area contributed by atoms with Gasteiger partial charge in [0.05, 0.1) is 11.3 Å². The van der Waals surface area contributed by atoms with Crippen LogP contribution in [-0.4, -0.2) is 48.4 Å². The summed E-state index contributed by atoms with van der Waals surface area (Å²) >= 11 is 1.36. The predicted molar refractivity (Wildman–Crippen MR) is 113 cm³/mol. The third kappa shape index (κ3) is 4.35. The lowest BCUT2D eigenvalue weighted by atomic mass is 9.81. The van der Waals surface area contributed by atoms with Gasteiger partial charge in [0.2, 0.25) is 5.91 Å². The van der Waals surface area contributed by atoms with E-state index in [1.165, 1.54) is 11.8 Å². The molecule has 8 heteroatoms. The van der Waals surface area contributed by atoms with Crippen LogP contribution >= 0.6 is 11.8 Å². The Balaban J connectivity index is 1.80. The second kappa shape index (κ2) is 9.23. The summed E-state index contributed by atoms with van der Waals surface area (Å²) in [6.07, 6.45) is 9.78. The van der Waals surface area contributed by atoms with Crippen LogP contribution in [0.2, 0.25) is 0 Å². The highest BCUT2D eigenvalue weighted by Gasteiger charge is 2.40. The number of carbonyl (C=O) groups excluding carboxylic acids is 1. The quantitative estimate of drug-likeness (QED) is 0.511. The molecule has 1 atom stereocenters. The third-order valence-corrected chi connectivity index (χ3v) is 6.51. The van der Waals surface area contributed by atoms with E-state index in [1.807, 2.05) is 23.6 Å². The van der Waals surface area contributed by atoms with Crippen molar-refractivity contribution >= 4 is 17.7 Å². The second-order valence-electron chi connectivity index (χ2n) is 7.31. The number of nitrogens with zero attached hydrogens (tertiary/aromatic N) is 6. The van der Waals surface area contributed by atoms with Crippen LogP contribution in [0.5, 0.6) is 0 Å². The summed E-state index contributed by atoms with van der Waals surface area (Å²) in [7, 11) is 1.75. The Kier molecular flexibility index (Phi) is 6.70. The van der Waals surface area contributed by atoms with Crippen LogP contribution in [0, 0.1) is 11.3 Å². The zero-order chi connectivity index (χ0) is 20.9. The van der Waals surface area contributed by atoms with Gasteiger partial charge in [0, 0.05) is 31.5 Å². The number of amides is 1. The molecule has 0 spiro atoms. The first-order valence-electron chi connectivity index (χ1n) is 9.82. The number of hydrogen-bond acceptors (Lipinski definition) is 6. The van der Waals surface area contributed by atoms with E-state index in [-0.39, 0.29) is 11.2 Å². The van der Waals surface area contributed by atoms with Crippen LogP contribution < -0.4 is 0 Å². The van der Waals surface area contributed by atoms with Crippen molar-refractivity contribution in [1.82, 2.24) is 24.6 Å². The van der Waals surface area contributed by atoms with Crippen molar-refractivity contribution in [2.45, 2.75) is 61.5 Å². The summed E-state index contributed by atoms with van der Waals surface area (Å²) in [6, 6.07) is 6.19. The van der Waals surface area contributed by atoms with Crippen molar-refractivity contribution in [3.63, 3.8) is 0 Å². The summed E-state index contributed by atoms with van der Waals surface area (Å²) in [6.45, 7) is 6.20. The first-order chi connectivity index (χ1) is 14.0. The lowest BCUT2D eigenvalue weighted by molar-refractivity contribution is -0.133. The zero-order valence-corrected chi connectivity index (χ0v) is 17.7. The van der Waals surface area contributed by atoms with Crippen LogP contribution in [0.4, 0.5) is 0 Å². The first kappa shape index (κ1) is 21.1. The molecule has 2 heterocycles. The number of allylic oxidation sites excluding steroid dienone is 1. The number of rotatable bonds is 7. The molecule has 0 bridgehead atoms. The number of pyridine rings is 1. The van der Waals surface area contributed by atoms with E-state index in [4.69, 9.17) is 0 Å². The third-order valence-electron chi connectivity index (χ3n) is 5.44. The molecule has 1 fully saturated rings. The molecule has 0 N–H and O–H groups in total. The predicted octanol–water partition coefficient (Wildman–Crippen LogP) is 3.69. The van der Waals surface area contributed by atoms with E-state index in [1.54, 1.807) is 30.4 Å². The molecular formula is C21H26N6OS. The Labute approximate surface area is 175 Å². The molecule has 1 saturated carbocycles. The summed E-state index contributed by atoms with van der Waals surface area (Å²) < 4.78 is 1.93. The number of carbonyl (C=O) groups is 1. The Morgan fingerprint density at radius 1 is 1.45 bits per heavy atom. The fraction of sp³-hybridized carbons (Fsp3) is 0.476. The SMILES string of the molecule is C=CCn1c(S[C@@H](C)C(=O)N(C)C2(C#N)CCCCC2)nnc1-c1cccnc1. The summed E-state index contributed by atoms with van der Waals surface area (Å²) in [5.74, 6) is 0.629. The van der Waals surface area contributed by atoms with Gasteiger partial charge in [0.1, 0.15) is 5.54 Å². The molecule has 152 valence electrons. The van der Waals surface area contributed by atoms with Gasteiger partial charge in [0.25, 0.3) is 0 Å². The highest BCUT2D eigenvalue weighted by molar-refractivity contribution is 8.00. The molecule has 1 amide bonds. The van der Waals surface area contributed by atoms with Gasteiger partial charge in [-0.2, -0.15) is 5.26 Å². The minimum absolute atomic E-state index is 0.0606. The maximum absolute atomic E-state index is 13.1. The standard InChI is InChI=1S/C21H26N6OS/c1-4-13-27-18(17-9-8-12-23-14-17)24-25-20(27)29-16(2)19(28)26(3)21(15-22)10-6-5-7-11-21/h4,8-9,12,14,16H,1,5-7,10-11,13H2,2-3H3/t16-/m0/s1. The van der Waals surface area contributed by atoms with Crippen molar-refractivity contribution in [3.8, 4) is 17.5 Å². The lowest BCUT2D eigenvalue weighted by Crippen LogP contribution is -2.52. The maximum Gasteiger partial charge on any atom is 0.236 e. The summed E-state index contributed by atoms with van der Waals surface area (Å²) in [4.78, 5) is 18.9. The second-order valence-corrected chi connectivity index (χ2v) is 8.62. The van der Waals surface area contributed by atoms with Gasteiger partial charge >= 0.3 is 0 Å². The molecule has 1 aliphatic carbocycles. The number of nitriles is 1. The van der Waals surface area contributed by atoms with Crippen molar-refractivity contribution in [2.24, 2.45) is 0 Å². The normalized spacial score (nSPS) is 16.6. The average molecular weight is 411 g/mol. The fourth-order valence-corrected chi connectivity index (χ4v) is 4.68. The topological polar surface area (TPSA) is 87.7 Å². The Morgan fingerprint density at radius 2 is 2.21 bits per heavy atom. The van der Waals surface area contributed by atoms with Crippen molar-refractivity contribution in [1.29, 1.82) is 5.26 Å². The van der Waals surface area contributed by atoms with E-state index in [2.05, 4.69) is 27.8 Å². The van der Waals surface area contributed by atoms with Gasteiger partial charge in [-0.15, -0.1) is 16.8 Å². The number of hydrogen-bond donors (Lipinski definition) is 0. The summed E-state index contributed by atoms with van der Waals surface area (Å²) in [5, 5.41) is 18.7. The molecule has 0 saturated heterocycles. The number of aromatic nitrogens is 4. The van der Waals surface area contributed by atoms with E-state index in [0.29, 0.717) is 17.5 Å². The van der Waals surface area contributed by atoms with Gasteiger partial charge in [-0.3, -0.25) is 14.3 Å². The number of thioether (sulfide) groups is 1.